The highest BCUT2D eigenvalue weighted by Gasteiger charge is 2.26. The van der Waals surface area contributed by atoms with Gasteiger partial charge in [0, 0.05) is 6.04 Å². The first-order valence-electron chi connectivity index (χ1n) is 6.93. The zero-order valence-corrected chi connectivity index (χ0v) is 12.1. The van der Waals surface area contributed by atoms with Gasteiger partial charge in [0.1, 0.15) is 11.5 Å². The van der Waals surface area contributed by atoms with E-state index in [9.17, 15) is 14.5 Å². The highest BCUT2D eigenvalue weighted by Crippen LogP contribution is 2.35. The number of anilines is 1. The van der Waals surface area contributed by atoms with Crippen molar-refractivity contribution in [3.63, 3.8) is 0 Å². The molecule has 1 fully saturated rings. The van der Waals surface area contributed by atoms with Crippen molar-refractivity contribution in [2.24, 2.45) is 5.92 Å². The van der Waals surface area contributed by atoms with Crippen LogP contribution in [0.3, 0.4) is 0 Å². The average Bonchev–Trinajstić information content (AvgIpc) is 2.43. The molecule has 1 aliphatic rings. The molecule has 0 spiro atoms. The van der Waals surface area contributed by atoms with Crippen molar-refractivity contribution < 1.29 is 9.31 Å². The maximum absolute atomic E-state index is 13.4. The molecule has 1 saturated carbocycles. The summed E-state index contributed by atoms with van der Waals surface area (Å²) in [6.07, 6.45) is 5.43. The highest BCUT2D eigenvalue weighted by molar-refractivity contribution is 6.31. The van der Waals surface area contributed by atoms with Crippen molar-refractivity contribution in [3.05, 3.63) is 33.1 Å². The minimum Gasteiger partial charge on any atom is -0.376 e. The van der Waals surface area contributed by atoms with Gasteiger partial charge in [0.15, 0.2) is 0 Å². The second-order valence-electron chi connectivity index (χ2n) is 5.24. The number of benzene rings is 1. The van der Waals surface area contributed by atoms with Crippen LogP contribution in [0.5, 0.6) is 0 Å². The van der Waals surface area contributed by atoms with E-state index in [-0.39, 0.29) is 16.8 Å². The second-order valence-corrected chi connectivity index (χ2v) is 5.65. The summed E-state index contributed by atoms with van der Waals surface area (Å²) >= 11 is 5.74. The summed E-state index contributed by atoms with van der Waals surface area (Å²) in [6, 6.07) is 2.39. The Hall–Kier alpha value is -1.36. The van der Waals surface area contributed by atoms with E-state index in [1.165, 1.54) is 12.5 Å². The molecule has 0 aromatic heterocycles. The summed E-state index contributed by atoms with van der Waals surface area (Å²) in [5.74, 6) is -0.271. The maximum Gasteiger partial charge on any atom is 0.295 e. The van der Waals surface area contributed by atoms with Gasteiger partial charge in [-0.25, -0.2) is 4.39 Å². The molecule has 110 valence electrons. The van der Waals surface area contributed by atoms with E-state index in [2.05, 4.69) is 12.2 Å². The molecule has 6 heteroatoms. The van der Waals surface area contributed by atoms with Gasteiger partial charge in [0.2, 0.25) is 0 Å². The third-order valence-corrected chi connectivity index (χ3v) is 4.30. The maximum atomic E-state index is 13.4. The smallest absolute Gasteiger partial charge is 0.295 e. The van der Waals surface area contributed by atoms with E-state index >= 15 is 0 Å². The van der Waals surface area contributed by atoms with Crippen LogP contribution < -0.4 is 5.32 Å². The van der Waals surface area contributed by atoms with Crippen LogP contribution in [0.25, 0.3) is 0 Å². The van der Waals surface area contributed by atoms with Crippen LogP contribution in [0.1, 0.15) is 39.0 Å². The number of rotatable bonds is 4. The number of nitro groups is 1. The molecule has 2 atom stereocenters. The summed E-state index contributed by atoms with van der Waals surface area (Å²) in [5, 5.41) is 14.1. The van der Waals surface area contributed by atoms with Gasteiger partial charge in [-0.2, -0.15) is 0 Å². The van der Waals surface area contributed by atoms with Gasteiger partial charge in [-0.1, -0.05) is 37.8 Å². The Morgan fingerprint density at radius 1 is 1.45 bits per heavy atom. The van der Waals surface area contributed by atoms with E-state index in [0.29, 0.717) is 11.6 Å². The highest BCUT2D eigenvalue weighted by atomic mass is 35.5. The van der Waals surface area contributed by atoms with E-state index in [4.69, 9.17) is 11.6 Å². The van der Waals surface area contributed by atoms with Crippen LogP contribution in [-0.4, -0.2) is 11.0 Å². The van der Waals surface area contributed by atoms with Gasteiger partial charge in [0.05, 0.1) is 16.0 Å². The van der Waals surface area contributed by atoms with Crippen molar-refractivity contribution in [1.29, 1.82) is 0 Å². The summed E-state index contributed by atoms with van der Waals surface area (Å²) in [4.78, 5) is 10.5. The minimum absolute atomic E-state index is 0.0954. The van der Waals surface area contributed by atoms with Crippen LogP contribution in [0, 0.1) is 21.8 Å². The van der Waals surface area contributed by atoms with Crippen LogP contribution in [0.2, 0.25) is 5.02 Å². The van der Waals surface area contributed by atoms with E-state index in [0.717, 1.165) is 31.7 Å². The molecule has 0 saturated heterocycles. The Bertz CT molecular complexity index is 510. The Kier molecular flexibility index (Phi) is 4.81. The lowest BCUT2D eigenvalue weighted by atomic mass is 9.83. The number of nitrogens with one attached hydrogen (secondary N) is 1. The fraction of sp³-hybridized carbons (Fsp3) is 0.571. The molecule has 1 aromatic carbocycles. The van der Waals surface area contributed by atoms with Crippen LogP contribution in [0.15, 0.2) is 12.1 Å². The fourth-order valence-corrected chi connectivity index (χ4v) is 3.05. The van der Waals surface area contributed by atoms with Gasteiger partial charge in [-0.3, -0.25) is 10.1 Å². The molecule has 0 aliphatic heterocycles. The minimum atomic E-state index is -0.764. The first-order valence-corrected chi connectivity index (χ1v) is 7.30. The molecule has 1 N–H and O–H groups in total. The predicted molar refractivity (Wildman–Crippen MR) is 77.7 cm³/mol. The van der Waals surface area contributed by atoms with Crippen LogP contribution in [-0.2, 0) is 0 Å². The topological polar surface area (TPSA) is 55.2 Å². The molecule has 1 aromatic rings. The van der Waals surface area contributed by atoms with Crippen LogP contribution in [0.4, 0.5) is 15.8 Å². The van der Waals surface area contributed by atoms with Crippen molar-refractivity contribution in [2.75, 3.05) is 5.32 Å². The number of hydrogen-bond donors (Lipinski definition) is 1. The normalized spacial score (nSPS) is 22.6. The number of hydrogen-bond acceptors (Lipinski definition) is 3. The number of halogens is 2. The molecule has 1 aliphatic carbocycles. The molecule has 2 unspecified atom stereocenters. The zero-order chi connectivity index (χ0) is 14.7. The second kappa shape index (κ2) is 6.39. The van der Waals surface area contributed by atoms with Gasteiger partial charge < -0.3 is 5.32 Å². The summed E-state index contributed by atoms with van der Waals surface area (Å²) in [5.41, 5.74) is 0.0547. The van der Waals surface area contributed by atoms with E-state index in [1.54, 1.807) is 0 Å². The van der Waals surface area contributed by atoms with Crippen molar-refractivity contribution in [3.8, 4) is 0 Å². The van der Waals surface area contributed by atoms with Crippen LogP contribution >= 0.6 is 11.6 Å². The predicted octanol–water partition coefficient (Wildman–Crippen LogP) is 4.77. The average molecular weight is 301 g/mol. The fourth-order valence-electron chi connectivity index (χ4n) is 2.89. The monoisotopic (exact) mass is 300 g/mol. The molecular weight excluding hydrogens is 283 g/mol. The summed E-state index contributed by atoms with van der Waals surface area (Å²) in [7, 11) is 0. The summed E-state index contributed by atoms with van der Waals surface area (Å²) < 4.78 is 13.4. The lowest BCUT2D eigenvalue weighted by molar-refractivity contribution is -0.384. The Morgan fingerprint density at radius 2 is 2.15 bits per heavy atom. The zero-order valence-electron chi connectivity index (χ0n) is 11.4. The SMILES string of the molecule is CCC1CCCCC1Nc1cc(Cl)c(F)cc1[N+](=O)[O-]. The molecule has 0 heterocycles. The molecule has 2 rings (SSSR count). The molecule has 0 bridgehead atoms. The Morgan fingerprint density at radius 3 is 2.80 bits per heavy atom. The Labute approximate surface area is 122 Å². The van der Waals surface area contributed by atoms with E-state index in [1.807, 2.05) is 0 Å². The van der Waals surface area contributed by atoms with Crippen molar-refractivity contribution >= 4 is 23.0 Å². The summed E-state index contributed by atoms with van der Waals surface area (Å²) in [6.45, 7) is 2.12. The third-order valence-electron chi connectivity index (χ3n) is 4.01. The van der Waals surface area contributed by atoms with Crippen molar-refractivity contribution in [1.82, 2.24) is 0 Å². The third kappa shape index (κ3) is 3.20. The first kappa shape index (κ1) is 15.0. The van der Waals surface area contributed by atoms with Crippen molar-refractivity contribution in [2.45, 2.75) is 45.1 Å². The van der Waals surface area contributed by atoms with Gasteiger partial charge in [0.25, 0.3) is 5.69 Å². The molecule has 4 nitrogen and oxygen atoms in total. The molecule has 20 heavy (non-hydrogen) atoms. The molecule has 0 radical (unpaired) electrons. The molecule has 0 amide bonds. The van der Waals surface area contributed by atoms with Gasteiger partial charge >= 0.3 is 0 Å². The standard InChI is InChI=1S/C14H18ClFN2O2/c1-2-9-5-3-4-6-12(9)17-13-7-10(15)11(16)8-14(13)18(19)20/h7-9,12,17H,2-6H2,1H3. The Balaban J connectivity index is 2.27. The number of nitrogens with zero attached hydrogens (tertiary/aromatic N) is 1. The lowest BCUT2D eigenvalue weighted by Crippen LogP contribution is -2.32. The number of nitro benzene ring substituents is 1. The van der Waals surface area contributed by atoms with E-state index < -0.39 is 10.7 Å². The largest absolute Gasteiger partial charge is 0.376 e. The lowest BCUT2D eigenvalue weighted by Gasteiger charge is -2.32. The van der Waals surface area contributed by atoms with Gasteiger partial charge in [-0.05, 0) is 24.8 Å². The van der Waals surface area contributed by atoms with Gasteiger partial charge in [-0.15, -0.1) is 0 Å². The molecular formula is C14H18ClFN2O2. The first-order chi connectivity index (χ1) is 9.52. The quantitative estimate of drug-likeness (QED) is 0.644.